The van der Waals surface area contributed by atoms with Crippen molar-refractivity contribution in [3.05, 3.63) is 53.9 Å². The molecule has 7 heteroatoms. The molecule has 0 spiro atoms. The number of amides is 2. The predicted molar refractivity (Wildman–Crippen MR) is 97.9 cm³/mol. The maximum atomic E-state index is 13.6. The molecule has 2 amide bonds. The number of ether oxygens (including phenoxy) is 2. The number of carbonyl (C=O) groups excluding carboxylic acids is 2. The van der Waals surface area contributed by atoms with Crippen molar-refractivity contribution < 1.29 is 23.5 Å². The number of nitrogens with one attached hydrogen (secondary N) is 2. The summed E-state index contributed by atoms with van der Waals surface area (Å²) < 4.78 is 24.0. The number of hydrogen-bond acceptors (Lipinski definition) is 4. The summed E-state index contributed by atoms with van der Waals surface area (Å²) in [6, 6.07) is 9.16. The van der Waals surface area contributed by atoms with Crippen LogP contribution in [0.15, 0.2) is 42.5 Å². The molecule has 2 aromatic rings. The zero-order chi connectivity index (χ0) is 19.1. The fraction of sp³-hybridized carbons (Fsp3) is 0.158. The van der Waals surface area contributed by atoms with Gasteiger partial charge in [-0.3, -0.25) is 9.59 Å². The molecule has 26 heavy (non-hydrogen) atoms. The summed E-state index contributed by atoms with van der Waals surface area (Å²) in [5.41, 5.74) is 1.10. The Balaban J connectivity index is 2.09. The number of halogens is 1. The summed E-state index contributed by atoms with van der Waals surface area (Å²) in [7, 11) is 3.07. The van der Waals surface area contributed by atoms with Crippen LogP contribution in [0, 0.1) is 5.82 Å². The normalized spacial score (nSPS) is 10.5. The molecule has 0 aromatic heterocycles. The summed E-state index contributed by atoms with van der Waals surface area (Å²) in [5, 5.41) is 4.96. The van der Waals surface area contributed by atoms with E-state index in [-0.39, 0.29) is 5.69 Å². The van der Waals surface area contributed by atoms with Crippen LogP contribution >= 0.6 is 0 Å². The second-order valence-electron chi connectivity index (χ2n) is 5.31. The van der Waals surface area contributed by atoms with E-state index in [1.54, 1.807) is 31.4 Å². The van der Waals surface area contributed by atoms with Gasteiger partial charge in [-0.15, -0.1) is 0 Å². The van der Waals surface area contributed by atoms with Gasteiger partial charge in [0, 0.05) is 18.7 Å². The van der Waals surface area contributed by atoms with Crippen molar-refractivity contribution in [2.45, 2.75) is 6.92 Å². The zero-order valence-electron chi connectivity index (χ0n) is 14.6. The smallest absolute Gasteiger partial charge is 0.248 e. The summed E-state index contributed by atoms with van der Waals surface area (Å²) in [4.78, 5) is 23.1. The van der Waals surface area contributed by atoms with Gasteiger partial charge in [-0.2, -0.15) is 0 Å². The molecular weight excluding hydrogens is 339 g/mol. The highest BCUT2D eigenvalue weighted by Crippen LogP contribution is 2.28. The van der Waals surface area contributed by atoms with Crippen molar-refractivity contribution in [3.8, 4) is 11.5 Å². The van der Waals surface area contributed by atoms with E-state index in [9.17, 15) is 14.0 Å². The van der Waals surface area contributed by atoms with E-state index in [1.807, 2.05) is 0 Å². The minimum atomic E-state index is -0.584. The van der Waals surface area contributed by atoms with Crippen LogP contribution in [0.1, 0.15) is 12.5 Å². The van der Waals surface area contributed by atoms with E-state index in [2.05, 4.69) is 10.6 Å². The van der Waals surface area contributed by atoms with Crippen molar-refractivity contribution in [1.29, 1.82) is 0 Å². The first-order valence-electron chi connectivity index (χ1n) is 7.71. The van der Waals surface area contributed by atoms with Crippen molar-refractivity contribution in [2.24, 2.45) is 0 Å². The third-order valence-corrected chi connectivity index (χ3v) is 3.38. The summed E-state index contributed by atoms with van der Waals surface area (Å²) in [6.07, 6.45) is 2.94. The van der Waals surface area contributed by atoms with E-state index in [4.69, 9.17) is 9.47 Å². The Bertz CT molecular complexity index is 849. The van der Waals surface area contributed by atoms with Crippen LogP contribution in [0.4, 0.5) is 15.8 Å². The Morgan fingerprint density at radius 1 is 1.00 bits per heavy atom. The molecular formula is C19H19FN2O4. The average Bonchev–Trinajstić information content (AvgIpc) is 2.62. The molecule has 2 N–H and O–H groups in total. The number of hydrogen-bond donors (Lipinski definition) is 2. The quantitative estimate of drug-likeness (QED) is 0.776. The molecule has 0 atom stereocenters. The lowest BCUT2D eigenvalue weighted by molar-refractivity contribution is -0.114. The van der Waals surface area contributed by atoms with E-state index >= 15 is 0 Å². The van der Waals surface area contributed by atoms with Gasteiger partial charge < -0.3 is 20.1 Å². The topological polar surface area (TPSA) is 76.7 Å². The second-order valence-corrected chi connectivity index (χ2v) is 5.31. The molecule has 6 nitrogen and oxygen atoms in total. The molecule has 0 saturated heterocycles. The number of carbonyl (C=O) groups is 2. The third-order valence-electron chi connectivity index (χ3n) is 3.38. The first-order valence-corrected chi connectivity index (χ1v) is 7.71. The molecule has 2 rings (SSSR count). The maximum Gasteiger partial charge on any atom is 0.248 e. The second kappa shape index (κ2) is 8.66. The highest BCUT2D eigenvalue weighted by atomic mass is 19.1. The van der Waals surface area contributed by atoms with Crippen LogP contribution in [0.5, 0.6) is 11.5 Å². The number of anilines is 2. The van der Waals surface area contributed by atoms with Gasteiger partial charge in [0.2, 0.25) is 11.8 Å². The Hall–Kier alpha value is -3.35. The molecule has 0 fully saturated rings. The first-order chi connectivity index (χ1) is 12.4. The summed E-state index contributed by atoms with van der Waals surface area (Å²) in [6.45, 7) is 1.27. The van der Waals surface area contributed by atoms with Gasteiger partial charge in [0.05, 0.1) is 19.9 Å². The largest absolute Gasteiger partial charge is 0.493 e. The molecule has 2 aromatic carbocycles. The molecule has 0 aliphatic carbocycles. The average molecular weight is 358 g/mol. The predicted octanol–water partition coefficient (Wildman–Crippen LogP) is 3.45. The molecule has 0 radical (unpaired) electrons. The number of methoxy groups -OCH3 is 2. The molecule has 0 bridgehead atoms. The van der Waals surface area contributed by atoms with E-state index in [0.717, 1.165) is 5.56 Å². The van der Waals surface area contributed by atoms with Crippen LogP contribution in [0.3, 0.4) is 0 Å². The summed E-state index contributed by atoms with van der Waals surface area (Å²) >= 11 is 0. The lowest BCUT2D eigenvalue weighted by Crippen LogP contribution is -2.10. The highest BCUT2D eigenvalue weighted by molar-refractivity contribution is 6.02. The Morgan fingerprint density at radius 2 is 1.73 bits per heavy atom. The number of rotatable bonds is 6. The van der Waals surface area contributed by atoms with Crippen LogP contribution in [0.2, 0.25) is 0 Å². The minimum absolute atomic E-state index is 0.000768. The van der Waals surface area contributed by atoms with Gasteiger partial charge >= 0.3 is 0 Å². The van der Waals surface area contributed by atoms with Crippen LogP contribution in [0.25, 0.3) is 6.08 Å². The fourth-order valence-corrected chi connectivity index (χ4v) is 2.20. The van der Waals surface area contributed by atoms with Crippen LogP contribution in [-0.4, -0.2) is 26.0 Å². The molecule has 0 heterocycles. The zero-order valence-corrected chi connectivity index (χ0v) is 14.6. The fourth-order valence-electron chi connectivity index (χ4n) is 2.20. The molecule has 0 aliphatic rings. The van der Waals surface area contributed by atoms with Gasteiger partial charge in [-0.1, -0.05) is 6.07 Å². The Labute approximate surface area is 150 Å². The van der Waals surface area contributed by atoms with E-state index in [1.165, 1.54) is 38.3 Å². The third kappa shape index (κ3) is 5.07. The van der Waals surface area contributed by atoms with E-state index in [0.29, 0.717) is 17.2 Å². The lowest BCUT2D eigenvalue weighted by Gasteiger charge is -2.08. The van der Waals surface area contributed by atoms with E-state index < -0.39 is 17.6 Å². The van der Waals surface area contributed by atoms with Crippen LogP contribution in [-0.2, 0) is 9.59 Å². The van der Waals surface area contributed by atoms with Gasteiger partial charge in [0.15, 0.2) is 11.5 Å². The molecule has 0 aliphatic heterocycles. The van der Waals surface area contributed by atoms with Crippen LogP contribution < -0.4 is 20.1 Å². The van der Waals surface area contributed by atoms with Gasteiger partial charge in [-0.05, 0) is 42.0 Å². The Kier molecular flexibility index (Phi) is 6.32. The number of benzene rings is 2. The molecule has 0 unspecified atom stereocenters. The molecule has 136 valence electrons. The maximum absolute atomic E-state index is 13.6. The minimum Gasteiger partial charge on any atom is -0.493 e. The monoisotopic (exact) mass is 358 g/mol. The highest BCUT2D eigenvalue weighted by Gasteiger charge is 2.07. The van der Waals surface area contributed by atoms with Gasteiger partial charge in [0.1, 0.15) is 5.82 Å². The summed E-state index contributed by atoms with van der Waals surface area (Å²) in [5.74, 6) is -0.251. The van der Waals surface area contributed by atoms with Crippen molar-refractivity contribution in [3.63, 3.8) is 0 Å². The first kappa shape index (κ1) is 19.0. The van der Waals surface area contributed by atoms with Gasteiger partial charge in [-0.25, -0.2) is 4.39 Å². The van der Waals surface area contributed by atoms with Gasteiger partial charge in [0.25, 0.3) is 0 Å². The van der Waals surface area contributed by atoms with Crippen molar-refractivity contribution in [2.75, 3.05) is 24.9 Å². The lowest BCUT2D eigenvalue weighted by atomic mass is 10.2. The standard InChI is InChI=1S/C19H19FN2O4/c1-12(23)21-16-11-14(6-7-15(16)20)22-19(24)9-5-13-4-8-17(25-2)18(10-13)26-3/h4-11H,1-3H3,(H,21,23)(H,22,24)/b9-5+. The SMILES string of the molecule is COc1ccc(/C=C/C(=O)Nc2ccc(F)c(NC(C)=O)c2)cc1OC. The van der Waals surface area contributed by atoms with Crippen molar-refractivity contribution in [1.82, 2.24) is 0 Å². The van der Waals surface area contributed by atoms with Crippen molar-refractivity contribution >= 4 is 29.3 Å². The Morgan fingerprint density at radius 3 is 2.38 bits per heavy atom. The molecule has 0 saturated carbocycles.